The highest BCUT2D eigenvalue weighted by Gasteiger charge is 2.22. The summed E-state index contributed by atoms with van der Waals surface area (Å²) in [7, 11) is -4.74. The molecule has 0 rings (SSSR count). The summed E-state index contributed by atoms with van der Waals surface area (Å²) < 4.78 is 26.3. The van der Waals surface area contributed by atoms with Crippen molar-refractivity contribution in [3.63, 3.8) is 0 Å². The minimum absolute atomic E-state index is 0.220. The van der Waals surface area contributed by atoms with Gasteiger partial charge in [-0.2, -0.15) is 0 Å². The van der Waals surface area contributed by atoms with Gasteiger partial charge in [0.2, 0.25) is 0 Å². The highest BCUT2D eigenvalue weighted by molar-refractivity contribution is 7.46. The zero-order chi connectivity index (χ0) is 36.1. The zero-order valence-electron chi connectivity index (χ0n) is 32.1. The number of hydrogen-bond acceptors (Lipinski definition) is 6. The first kappa shape index (κ1) is 48.0. The van der Waals surface area contributed by atoms with E-state index in [2.05, 4.69) is 18.4 Å². The van der Waals surface area contributed by atoms with Crippen molar-refractivity contribution in [2.75, 3.05) is 13.2 Å². The molecule has 0 aromatic heterocycles. The molecule has 0 saturated heterocycles. The largest absolute Gasteiger partial charge is 0.469 e. The van der Waals surface area contributed by atoms with E-state index in [9.17, 15) is 14.2 Å². The predicted molar refractivity (Wildman–Crippen MR) is 203 cm³/mol. The van der Waals surface area contributed by atoms with E-state index in [-0.39, 0.29) is 19.4 Å². The van der Waals surface area contributed by atoms with Crippen molar-refractivity contribution >= 4 is 19.8 Å². The molecule has 0 aliphatic rings. The number of phosphoric acid groups is 1. The summed E-state index contributed by atoms with van der Waals surface area (Å²) in [5.74, 6) is -0.875. The second-order valence-corrected chi connectivity index (χ2v) is 15.6. The van der Waals surface area contributed by atoms with Crippen LogP contribution in [0.2, 0.25) is 0 Å². The van der Waals surface area contributed by atoms with E-state index in [0.717, 1.165) is 32.1 Å². The average Bonchev–Trinajstić information content (AvgIpc) is 3.07. The Morgan fingerprint density at radius 3 is 1.04 bits per heavy atom. The number of ether oxygens (including phenoxy) is 2. The highest BCUT2D eigenvalue weighted by Crippen LogP contribution is 2.36. The Bertz CT molecular complexity index is 771. The van der Waals surface area contributed by atoms with Gasteiger partial charge >= 0.3 is 19.8 Å². The first-order chi connectivity index (χ1) is 23.8. The Labute approximate surface area is 302 Å². The summed E-state index contributed by atoms with van der Waals surface area (Å²) in [5, 5.41) is 0. The maximum Gasteiger partial charge on any atom is 0.469 e. The number of carbonyl (C=O) groups is 2. The van der Waals surface area contributed by atoms with Crippen LogP contribution in [0.4, 0.5) is 0 Å². The van der Waals surface area contributed by atoms with Crippen molar-refractivity contribution in [2.45, 2.75) is 232 Å². The van der Waals surface area contributed by atoms with Crippen LogP contribution in [-0.4, -0.2) is 41.0 Å². The van der Waals surface area contributed by atoms with Gasteiger partial charge in [-0.05, 0) is 12.8 Å². The molecule has 0 saturated carbocycles. The van der Waals surface area contributed by atoms with Crippen molar-refractivity contribution in [3.05, 3.63) is 0 Å². The van der Waals surface area contributed by atoms with Crippen LogP contribution in [0.15, 0.2) is 0 Å². The third-order valence-corrected chi connectivity index (χ3v) is 9.86. The van der Waals surface area contributed by atoms with E-state index in [4.69, 9.17) is 19.3 Å². The van der Waals surface area contributed by atoms with Crippen LogP contribution in [0.5, 0.6) is 0 Å². The highest BCUT2D eigenvalue weighted by atomic mass is 31.2. The number of carbonyl (C=O) groups excluding carboxylic acids is 2. The number of hydrogen-bond donors (Lipinski definition) is 2. The monoisotopic (exact) mass is 719 g/mol. The summed E-state index contributed by atoms with van der Waals surface area (Å²) >= 11 is 0. The number of rotatable bonds is 39. The lowest BCUT2D eigenvalue weighted by Crippen LogP contribution is -2.29. The van der Waals surface area contributed by atoms with Crippen LogP contribution >= 0.6 is 7.82 Å². The number of unbranched alkanes of at least 4 members (excludes halogenated alkanes) is 29. The van der Waals surface area contributed by atoms with Gasteiger partial charge in [0.15, 0.2) is 6.10 Å². The lowest BCUT2D eigenvalue weighted by Gasteiger charge is -2.18. The van der Waals surface area contributed by atoms with E-state index < -0.39 is 32.5 Å². The predicted octanol–water partition coefficient (Wildman–Crippen LogP) is 12.5. The van der Waals surface area contributed by atoms with Crippen LogP contribution in [0.1, 0.15) is 226 Å². The standard InChI is InChI=1S/C40H79O8P/c1-3-5-7-9-11-13-14-15-16-17-18-19-20-21-22-23-24-25-26-27-29-31-33-35-40(42)48-38(37-47-49(43,44)45)36-46-39(41)34-32-30-28-12-10-8-6-4-2/h38H,3-37H2,1-2H3,(H2,43,44,45)/t38-/m1/s1. The average molecular weight is 719 g/mol. The normalized spacial score (nSPS) is 12.3. The molecule has 9 heteroatoms. The molecule has 0 unspecified atom stereocenters. The summed E-state index contributed by atoms with van der Waals surface area (Å²) in [6.07, 6.45) is 38.5. The first-order valence-corrected chi connectivity index (χ1v) is 22.4. The molecule has 292 valence electrons. The van der Waals surface area contributed by atoms with E-state index in [0.29, 0.717) is 6.42 Å². The van der Waals surface area contributed by atoms with Gasteiger partial charge < -0.3 is 19.3 Å². The minimum Gasteiger partial charge on any atom is -0.462 e. The summed E-state index contributed by atoms with van der Waals surface area (Å²) in [4.78, 5) is 42.6. The fourth-order valence-electron chi connectivity index (χ4n) is 6.26. The lowest BCUT2D eigenvalue weighted by molar-refractivity contribution is -0.161. The van der Waals surface area contributed by atoms with Gasteiger partial charge in [0.1, 0.15) is 6.61 Å². The molecule has 0 aliphatic carbocycles. The Morgan fingerprint density at radius 2 is 0.735 bits per heavy atom. The zero-order valence-corrected chi connectivity index (χ0v) is 33.0. The number of esters is 2. The molecule has 0 radical (unpaired) electrons. The number of phosphoric ester groups is 1. The molecule has 0 amide bonds. The van der Waals surface area contributed by atoms with Gasteiger partial charge in [-0.15, -0.1) is 0 Å². The van der Waals surface area contributed by atoms with E-state index >= 15 is 0 Å². The van der Waals surface area contributed by atoms with E-state index in [1.54, 1.807) is 0 Å². The Hall–Kier alpha value is -0.950. The smallest absolute Gasteiger partial charge is 0.462 e. The first-order valence-electron chi connectivity index (χ1n) is 20.8. The molecular weight excluding hydrogens is 639 g/mol. The van der Waals surface area contributed by atoms with Gasteiger partial charge in [0.25, 0.3) is 0 Å². The van der Waals surface area contributed by atoms with Crippen LogP contribution in [0.25, 0.3) is 0 Å². The molecule has 1 atom stereocenters. The Balaban J connectivity index is 3.73. The molecule has 0 aromatic carbocycles. The Kier molecular flexibility index (Phi) is 36.1. The maximum atomic E-state index is 12.4. The van der Waals surface area contributed by atoms with E-state index in [1.165, 1.54) is 161 Å². The van der Waals surface area contributed by atoms with Gasteiger partial charge in [-0.3, -0.25) is 14.1 Å². The third-order valence-electron chi connectivity index (χ3n) is 9.38. The molecule has 0 aliphatic heterocycles. The van der Waals surface area contributed by atoms with Gasteiger partial charge in [-0.1, -0.05) is 200 Å². The molecule has 0 heterocycles. The van der Waals surface area contributed by atoms with Crippen molar-refractivity contribution in [2.24, 2.45) is 0 Å². The summed E-state index contributed by atoms with van der Waals surface area (Å²) in [5.41, 5.74) is 0. The minimum atomic E-state index is -4.74. The molecule has 8 nitrogen and oxygen atoms in total. The van der Waals surface area contributed by atoms with Crippen LogP contribution in [-0.2, 0) is 28.2 Å². The van der Waals surface area contributed by atoms with Crippen molar-refractivity contribution in [1.29, 1.82) is 0 Å². The summed E-state index contributed by atoms with van der Waals surface area (Å²) in [6, 6.07) is 0. The van der Waals surface area contributed by atoms with Gasteiger partial charge in [0, 0.05) is 12.8 Å². The van der Waals surface area contributed by atoms with Crippen molar-refractivity contribution < 1.29 is 37.9 Å². The Morgan fingerprint density at radius 1 is 0.449 bits per heavy atom. The van der Waals surface area contributed by atoms with Crippen LogP contribution in [0.3, 0.4) is 0 Å². The molecule has 49 heavy (non-hydrogen) atoms. The molecule has 2 N–H and O–H groups in total. The summed E-state index contributed by atoms with van der Waals surface area (Å²) in [6.45, 7) is 3.67. The topological polar surface area (TPSA) is 119 Å². The third kappa shape index (κ3) is 39.7. The molecule has 0 spiro atoms. The molecule has 0 fully saturated rings. The van der Waals surface area contributed by atoms with E-state index in [1.807, 2.05) is 0 Å². The van der Waals surface area contributed by atoms with Crippen LogP contribution in [0, 0.1) is 0 Å². The molecule has 0 bridgehead atoms. The van der Waals surface area contributed by atoms with Crippen LogP contribution < -0.4 is 0 Å². The SMILES string of the molecule is CCCCCCCCCCCCCCCCCCCCCCCCCC(=O)O[C@H](COC(=O)CCCCCCCCCC)COP(=O)(O)O. The fraction of sp³-hybridized carbons (Fsp3) is 0.950. The molecule has 0 aromatic rings. The fourth-order valence-corrected chi connectivity index (χ4v) is 6.62. The lowest BCUT2D eigenvalue weighted by atomic mass is 10.0. The van der Waals surface area contributed by atoms with Crippen molar-refractivity contribution in [3.8, 4) is 0 Å². The van der Waals surface area contributed by atoms with Crippen molar-refractivity contribution in [1.82, 2.24) is 0 Å². The second-order valence-electron chi connectivity index (χ2n) is 14.3. The van der Waals surface area contributed by atoms with Gasteiger partial charge in [-0.25, -0.2) is 4.57 Å². The second kappa shape index (κ2) is 36.8. The maximum absolute atomic E-state index is 12.4. The molecular formula is C40H79O8P. The quantitative estimate of drug-likeness (QED) is 0.0366. The van der Waals surface area contributed by atoms with Gasteiger partial charge in [0.05, 0.1) is 6.61 Å².